The zero-order valence-corrected chi connectivity index (χ0v) is 10.9. The van der Waals surface area contributed by atoms with E-state index in [0.717, 1.165) is 31.7 Å². The molecule has 0 spiro atoms. The lowest BCUT2D eigenvalue weighted by Gasteiger charge is -2.24. The van der Waals surface area contributed by atoms with Crippen LogP contribution in [0.4, 0.5) is 5.82 Å². The first-order chi connectivity index (χ1) is 8.36. The van der Waals surface area contributed by atoms with Gasteiger partial charge in [-0.25, -0.2) is 9.97 Å². The van der Waals surface area contributed by atoms with Crippen molar-refractivity contribution in [3.8, 4) is 0 Å². The summed E-state index contributed by atoms with van der Waals surface area (Å²) in [5.74, 6) is 1.65. The number of aromatic nitrogens is 2. The molecule has 0 aliphatic heterocycles. The summed E-state index contributed by atoms with van der Waals surface area (Å²) >= 11 is 5.85. The Bertz CT molecular complexity index is 373. The molecule has 5 heteroatoms. The predicted octanol–water partition coefficient (Wildman–Crippen LogP) is 1.66. The van der Waals surface area contributed by atoms with E-state index >= 15 is 0 Å². The minimum absolute atomic E-state index is 0.600. The first-order valence-corrected chi connectivity index (χ1v) is 6.53. The summed E-state index contributed by atoms with van der Waals surface area (Å²) in [5, 5.41) is 0. The summed E-state index contributed by atoms with van der Waals surface area (Å²) in [5.41, 5.74) is 2.50. The zero-order chi connectivity index (χ0) is 12.1. The second-order valence-corrected chi connectivity index (χ2v) is 4.52. The van der Waals surface area contributed by atoms with Crippen LogP contribution in [0.25, 0.3) is 0 Å². The molecule has 0 aromatic carbocycles. The van der Waals surface area contributed by atoms with Crippen molar-refractivity contribution in [2.24, 2.45) is 0 Å². The summed E-state index contributed by atoms with van der Waals surface area (Å²) in [6, 6.07) is 0. The lowest BCUT2D eigenvalue weighted by Crippen LogP contribution is -2.31. The van der Waals surface area contributed by atoms with Gasteiger partial charge in [0.15, 0.2) is 0 Å². The van der Waals surface area contributed by atoms with Gasteiger partial charge in [-0.2, -0.15) is 0 Å². The summed E-state index contributed by atoms with van der Waals surface area (Å²) in [4.78, 5) is 11.0. The molecule has 0 N–H and O–H groups in total. The van der Waals surface area contributed by atoms with Crippen LogP contribution in [-0.4, -0.2) is 42.7 Å². The molecule has 0 amide bonds. The standard InChI is InChI=1S/C12H18ClN3O/c1-17-8-7-16(6-5-13)12-10-3-2-4-11(10)14-9-15-12/h9H,2-8H2,1H3. The van der Waals surface area contributed by atoms with Crippen LogP contribution >= 0.6 is 11.6 Å². The topological polar surface area (TPSA) is 38.2 Å². The second kappa shape index (κ2) is 6.17. The Morgan fingerprint density at radius 2 is 2.24 bits per heavy atom. The Morgan fingerprint density at radius 1 is 1.35 bits per heavy atom. The van der Waals surface area contributed by atoms with Gasteiger partial charge >= 0.3 is 0 Å². The number of rotatable bonds is 6. The highest BCUT2D eigenvalue weighted by atomic mass is 35.5. The highest BCUT2D eigenvalue weighted by Gasteiger charge is 2.20. The molecule has 0 radical (unpaired) electrons. The maximum Gasteiger partial charge on any atom is 0.135 e. The normalized spacial score (nSPS) is 13.8. The highest BCUT2D eigenvalue weighted by molar-refractivity contribution is 6.18. The molecule has 0 bridgehead atoms. The molecule has 1 aromatic rings. The van der Waals surface area contributed by atoms with E-state index in [4.69, 9.17) is 16.3 Å². The van der Waals surface area contributed by atoms with Crippen LogP contribution in [0, 0.1) is 0 Å². The average molecular weight is 256 g/mol. The van der Waals surface area contributed by atoms with Crippen LogP contribution in [0.15, 0.2) is 6.33 Å². The first-order valence-electron chi connectivity index (χ1n) is 5.99. The number of methoxy groups -OCH3 is 1. The molecule has 4 nitrogen and oxygen atoms in total. The molecular formula is C12H18ClN3O. The van der Waals surface area contributed by atoms with Gasteiger partial charge in [0.05, 0.1) is 6.61 Å². The molecule has 17 heavy (non-hydrogen) atoms. The van der Waals surface area contributed by atoms with Crippen molar-refractivity contribution < 1.29 is 4.74 Å². The van der Waals surface area contributed by atoms with Gasteiger partial charge in [0.25, 0.3) is 0 Å². The van der Waals surface area contributed by atoms with Crippen molar-refractivity contribution in [3.63, 3.8) is 0 Å². The van der Waals surface area contributed by atoms with Gasteiger partial charge in [-0.3, -0.25) is 0 Å². The summed E-state index contributed by atoms with van der Waals surface area (Å²) in [6.45, 7) is 2.32. The molecule has 0 unspecified atom stereocenters. The Kier molecular flexibility index (Phi) is 4.57. The van der Waals surface area contributed by atoms with Gasteiger partial charge in [0, 0.05) is 37.3 Å². The van der Waals surface area contributed by atoms with Crippen molar-refractivity contribution in [1.82, 2.24) is 9.97 Å². The molecular weight excluding hydrogens is 238 g/mol. The second-order valence-electron chi connectivity index (χ2n) is 4.14. The van der Waals surface area contributed by atoms with Crippen molar-refractivity contribution in [2.75, 3.05) is 37.6 Å². The number of anilines is 1. The van der Waals surface area contributed by atoms with E-state index in [-0.39, 0.29) is 0 Å². The van der Waals surface area contributed by atoms with Gasteiger partial charge in [-0.05, 0) is 19.3 Å². The highest BCUT2D eigenvalue weighted by Crippen LogP contribution is 2.27. The number of halogens is 1. The molecule has 0 atom stereocenters. The van der Waals surface area contributed by atoms with Gasteiger partial charge in [-0.1, -0.05) is 0 Å². The lowest BCUT2D eigenvalue weighted by atomic mass is 10.2. The van der Waals surface area contributed by atoms with Crippen molar-refractivity contribution in [3.05, 3.63) is 17.6 Å². The third-order valence-corrected chi connectivity index (χ3v) is 3.24. The van der Waals surface area contributed by atoms with E-state index in [1.807, 2.05) is 0 Å². The molecule has 94 valence electrons. The van der Waals surface area contributed by atoms with E-state index in [1.165, 1.54) is 17.7 Å². The first kappa shape index (κ1) is 12.6. The summed E-state index contributed by atoms with van der Waals surface area (Å²) in [7, 11) is 1.71. The molecule has 1 aliphatic rings. The lowest BCUT2D eigenvalue weighted by molar-refractivity contribution is 0.205. The largest absolute Gasteiger partial charge is 0.383 e. The maximum absolute atomic E-state index is 5.85. The molecule has 1 heterocycles. The van der Waals surface area contributed by atoms with Gasteiger partial charge in [-0.15, -0.1) is 11.6 Å². The molecule has 1 aromatic heterocycles. The number of nitrogens with zero attached hydrogens (tertiary/aromatic N) is 3. The van der Waals surface area contributed by atoms with Crippen LogP contribution in [-0.2, 0) is 17.6 Å². The maximum atomic E-state index is 5.85. The fourth-order valence-corrected chi connectivity index (χ4v) is 2.45. The smallest absolute Gasteiger partial charge is 0.135 e. The van der Waals surface area contributed by atoms with Crippen LogP contribution in [0.2, 0.25) is 0 Å². The van der Waals surface area contributed by atoms with Crippen LogP contribution in [0.3, 0.4) is 0 Å². The predicted molar refractivity (Wildman–Crippen MR) is 68.9 cm³/mol. The van der Waals surface area contributed by atoms with Crippen molar-refractivity contribution >= 4 is 17.4 Å². The van der Waals surface area contributed by atoms with Crippen LogP contribution < -0.4 is 4.90 Å². The number of hydrogen-bond acceptors (Lipinski definition) is 4. The number of ether oxygens (including phenoxy) is 1. The Balaban J connectivity index is 2.20. The van der Waals surface area contributed by atoms with E-state index in [9.17, 15) is 0 Å². The Labute approximate surface area is 107 Å². The van der Waals surface area contributed by atoms with E-state index in [1.54, 1.807) is 13.4 Å². The van der Waals surface area contributed by atoms with E-state index in [0.29, 0.717) is 12.5 Å². The number of aryl methyl sites for hydroxylation is 1. The Hall–Kier alpha value is -0.870. The van der Waals surface area contributed by atoms with E-state index in [2.05, 4.69) is 14.9 Å². The van der Waals surface area contributed by atoms with Crippen LogP contribution in [0.1, 0.15) is 17.7 Å². The Morgan fingerprint density at radius 3 is 3.00 bits per heavy atom. The molecule has 0 fully saturated rings. The third kappa shape index (κ3) is 2.87. The molecule has 2 rings (SSSR count). The number of alkyl halides is 1. The monoisotopic (exact) mass is 255 g/mol. The molecule has 0 saturated carbocycles. The van der Waals surface area contributed by atoms with Gasteiger partial charge < -0.3 is 9.64 Å². The zero-order valence-electron chi connectivity index (χ0n) is 10.2. The van der Waals surface area contributed by atoms with Crippen molar-refractivity contribution in [1.29, 1.82) is 0 Å². The average Bonchev–Trinajstić information content (AvgIpc) is 2.82. The summed E-state index contributed by atoms with van der Waals surface area (Å²) < 4.78 is 5.13. The third-order valence-electron chi connectivity index (χ3n) is 3.07. The fraction of sp³-hybridized carbons (Fsp3) is 0.667. The van der Waals surface area contributed by atoms with Crippen molar-refractivity contribution in [2.45, 2.75) is 19.3 Å². The fourth-order valence-electron chi connectivity index (χ4n) is 2.24. The van der Waals surface area contributed by atoms with Crippen LogP contribution in [0.5, 0.6) is 0 Å². The summed E-state index contributed by atoms with van der Waals surface area (Å²) in [6.07, 6.45) is 4.99. The molecule has 0 saturated heterocycles. The quantitative estimate of drug-likeness (QED) is 0.725. The minimum atomic E-state index is 0.600. The van der Waals surface area contributed by atoms with Gasteiger partial charge in [0.2, 0.25) is 0 Å². The number of fused-ring (bicyclic) bond motifs is 1. The van der Waals surface area contributed by atoms with Gasteiger partial charge in [0.1, 0.15) is 12.1 Å². The number of hydrogen-bond donors (Lipinski definition) is 0. The van der Waals surface area contributed by atoms with E-state index < -0.39 is 0 Å². The SMILES string of the molecule is COCCN(CCCl)c1ncnc2c1CCC2. The molecule has 1 aliphatic carbocycles. The minimum Gasteiger partial charge on any atom is -0.383 e.